The second-order valence-corrected chi connectivity index (χ2v) is 11.6. The third-order valence-corrected chi connectivity index (χ3v) is 7.84. The first-order chi connectivity index (χ1) is 18.8. The molecule has 0 saturated heterocycles. The third-order valence-electron chi connectivity index (χ3n) is 5.20. The molecule has 0 fully saturated rings. The monoisotopic (exact) mass is 580 g/mol. The highest BCUT2D eigenvalue weighted by Crippen LogP contribution is 2.19. The summed E-state index contributed by atoms with van der Waals surface area (Å²) in [6.45, 7) is 0.444. The predicted octanol–water partition coefficient (Wildman–Crippen LogP) is 3.72. The van der Waals surface area contributed by atoms with E-state index in [1.54, 1.807) is 36.0 Å². The number of carbonyl (C=O) groups excluding carboxylic acids is 2. The molecule has 0 unspecified atom stereocenters. The van der Waals surface area contributed by atoms with Gasteiger partial charge >= 0.3 is 0 Å². The van der Waals surface area contributed by atoms with E-state index in [-0.39, 0.29) is 29.8 Å². The number of thioether (sulfide) groups is 2. The van der Waals surface area contributed by atoms with Gasteiger partial charge in [-0.25, -0.2) is 0 Å². The highest BCUT2D eigenvalue weighted by atomic mass is 32.2. The number of aromatic nitrogens is 2. The zero-order valence-electron chi connectivity index (χ0n) is 21.0. The fourth-order valence-electron chi connectivity index (χ4n) is 3.23. The number of aryl methyl sites for hydroxylation is 1. The fraction of sp³-hybridized carbons (Fsp3) is 0.269. The van der Waals surface area contributed by atoms with Crippen molar-refractivity contribution in [2.75, 3.05) is 16.8 Å². The molecule has 10 nitrogen and oxygen atoms in total. The number of rotatable bonds is 12. The SMILES string of the molecule is N#Cc1ccc(CC(=O)Nc2nnc(CCSCCC(=N)SC(=N)NC(=O)Cc3ccc(CN)cc3)s2)cc1. The maximum absolute atomic E-state index is 12.2. The van der Waals surface area contributed by atoms with Gasteiger partial charge < -0.3 is 16.4 Å². The molecule has 6 N–H and O–H groups in total. The summed E-state index contributed by atoms with van der Waals surface area (Å²) in [5, 5.41) is 39.8. The molecule has 3 aromatic rings. The van der Waals surface area contributed by atoms with Gasteiger partial charge in [0.2, 0.25) is 16.9 Å². The van der Waals surface area contributed by atoms with Crippen molar-refractivity contribution in [3.05, 3.63) is 75.8 Å². The van der Waals surface area contributed by atoms with Crippen LogP contribution in [0.1, 0.15) is 33.7 Å². The van der Waals surface area contributed by atoms with Crippen LogP contribution in [-0.2, 0) is 35.4 Å². The number of nitrogens with two attached hydrogens (primary N) is 1. The van der Waals surface area contributed by atoms with E-state index < -0.39 is 0 Å². The molecule has 13 heteroatoms. The van der Waals surface area contributed by atoms with Crippen LogP contribution in [0.4, 0.5) is 5.13 Å². The van der Waals surface area contributed by atoms with E-state index in [0.717, 1.165) is 39.2 Å². The molecule has 0 aliphatic carbocycles. The Hall–Kier alpha value is -3.57. The van der Waals surface area contributed by atoms with E-state index in [1.807, 2.05) is 30.3 Å². The largest absolute Gasteiger partial charge is 0.326 e. The first-order valence-electron chi connectivity index (χ1n) is 11.9. The Morgan fingerprint density at radius 1 is 0.949 bits per heavy atom. The number of nitriles is 1. The van der Waals surface area contributed by atoms with Crippen molar-refractivity contribution in [2.45, 2.75) is 32.2 Å². The van der Waals surface area contributed by atoms with Crippen LogP contribution in [-0.4, -0.2) is 43.7 Å². The summed E-state index contributed by atoms with van der Waals surface area (Å²) in [6.07, 6.45) is 1.52. The number of hydrogen-bond donors (Lipinski definition) is 5. The summed E-state index contributed by atoms with van der Waals surface area (Å²) in [5.74, 6) is 0.990. The lowest BCUT2D eigenvalue weighted by Gasteiger charge is -2.08. The fourth-order valence-corrected chi connectivity index (χ4v) is 5.75. The molecule has 0 spiro atoms. The molecule has 202 valence electrons. The Morgan fingerprint density at radius 3 is 2.26 bits per heavy atom. The molecule has 0 aliphatic heterocycles. The van der Waals surface area contributed by atoms with Gasteiger partial charge in [0.25, 0.3) is 0 Å². The third kappa shape index (κ3) is 11.0. The van der Waals surface area contributed by atoms with Gasteiger partial charge in [0.1, 0.15) is 5.01 Å². The van der Waals surface area contributed by atoms with Crippen molar-refractivity contribution in [3.63, 3.8) is 0 Å². The number of nitrogens with one attached hydrogen (secondary N) is 4. The summed E-state index contributed by atoms with van der Waals surface area (Å²) >= 11 is 3.93. The molecule has 2 amide bonds. The number of amides is 2. The first kappa shape index (κ1) is 30.0. The topological polar surface area (TPSA) is 181 Å². The molecule has 2 aromatic carbocycles. The average molecular weight is 581 g/mol. The minimum absolute atomic E-state index is 0.0591. The molecule has 0 aliphatic rings. The second kappa shape index (κ2) is 15.7. The maximum atomic E-state index is 12.2. The van der Waals surface area contributed by atoms with Crippen LogP contribution >= 0.6 is 34.9 Å². The summed E-state index contributed by atoms with van der Waals surface area (Å²) in [7, 11) is 0. The van der Waals surface area contributed by atoms with Crippen molar-refractivity contribution in [1.29, 1.82) is 16.1 Å². The predicted molar refractivity (Wildman–Crippen MR) is 158 cm³/mol. The quantitative estimate of drug-likeness (QED) is 0.122. The van der Waals surface area contributed by atoms with Crippen molar-refractivity contribution in [3.8, 4) is 6.07 Å². The van der Waals surface area contributed by atoms with Gasteiger partial charge in [-0.3, -0.25) is 20.4 Å². The van der Waals surface area contributed by atoms with Crippen LogP contribution in [0.15, 0.2) is 48.5 Å². The zero-order valence-corrected chi connectivity index (χ0v) is 23.5. The summed E-state index contributed by atoms with van der Waals surface area (Å²) in [4.78, 5) is 24.4. The molecular weight excluding hydrogens is 553 g/mol. The lowest BCUT2D eigenvalue weighted by atomic mass is 10.1. The minimum Gasteiger partial charge on any atom is -0.326 e. The van der Waals surface area contributed by atoms with E-state index in [1.165, 1.54) is 11.3 Å². The smallest absolute Gasteiger partial charge is 0.230 e. The summed E-state index contributed by atoms with van der Waals surface area (Å²) < 4.78 is 0. The van der Waals surface area contributed by atoms with Crippen LogP contribution in [0, 0.1) is 22.1 Å². The van der Waals surface area contributed by atoms with Crippen LogP contribution in [0.3, 0.4) is 0 Å². The molecule has 0 saturated carbocycles. The second-order valence-electron chi connectivity index (χ2n) is 8.25. The highest BCUT2D eigenvalue weighted by Gasteiger charge is 2.11. The standard InChI is InChI=1S/C26H28N8O2S3/c27-15-19-5-1-17(2-6-19)13-22(35)31-25(30)38-21(29)9-11-37-12-10-24-33-34-26(39-24)32-23(36)14-18-3-7-20(16-28)8-4-18/h1-8,29H,9-15,27H2,(H2,30,31,35)(H,32,34,36). The van der Waals surface area contributed by atoms with E-state index in [4.69, 9.17) is 21.8 Å². The van der Waals surface area contributed by atoms with Crippen molar-refractivity contribution in [1.82, 2.24) is 15.5 Å². The average Bonchev–Trinajstić information content (AvgIpc) is 3.35. The molecule has 0 radical (unpaired) electrons. The number of nitrogens with zero attached hydrogens (tertiary/aromatic N) is 3. The van der Waals surface area contributed by atoms with Gasteiger partial charge in [-0.05, 0) is 52.1 Å². The van der Waals surface area contributed by atoms with Crippen LogP contribution in [0.5, 0.6) is 0 Å². The maximum Gasteiger partial charge on any atom is 0.230 e. The lowest BCUT2D eigenvalue weighted by Crippen LogP contribution is -2.29. The van der Waals surface area contributed by atoms with E-state index in [9.17, 15) is 9.59 Å². The van der Waals surface area contributed by atoms with E-state index in [2.05, 4.69) is 20.8 Å². The summed E-state index contributed by atoms with van der Waals surface area (Å²) in [5.41, 5.74) is 8.76. The van der Waals surface area contributed by atoms with E-state index in [0.29, 0.717) is 40.9 Å². The Morgan fingerprint density at radius 2 is 1.59 bits per heavy atom. The Labute approximate surface area is 239 Å². The van der Waals surface area contributed by atoms with Crippen molar-refractivity contribution < 1.29 is 9.59 Å². The molecule has 3 rings (SSSR count). The Balaban J connectivity index is 1.27. The van der Waals surface area contributed by atoms with Crippen molar-refractivity contribution >= 4 is 62.0 Å². The normalized spacial score (nSPS) is 10.5. The van der Waals surface area contributed by atoms with Gasteiger partial charge in [-0.1, -0.05) is 47.7 Å². The van der Waals surface area contributed by atoms with Gasteiger partial charge in [0.15, 0.2) is 5.17 Å². The molecule has 1 heterocycles. The van der Waals surface area contributed by atoms with Crippen LogP contribution < -0.4 is 16.4 Å². The van der Waals surface area contributed by atoms with Crippen molar-refractivity contribution in [2.24, 2.45) is 5.73 Å². The van der Waals surface area contributed by atoms with Gasteiger partial charge in [-0.15, -0.1) is 10.2 Å². The molecule has 1 aromatic heterocycles. The zero-order chi connectivity index (χ0) is 28.0. The Bertz CT molecular complexity index is 1330. The number of amidine groups is 1. The van der Waals surface area contributed by atoms with E-state index >= 15 is 0 Å². The summed E-state index contributed by atoms with van der Waals surface area (Å²) in [6, 6.07) is 16.3. The van der Waals surface area contributed by atoms with Crippen LogP contribution in [0.25, 0.3) is 0 Å². The van der Waals surface area contributed by atoms with Crippen LogP contribution in [0.2, 0.25) is 0 Å². The number of benzene rings is 2. The van der Waals surface area contributed by atoms with Gasteiger partial charge in [0.05, 0.1) is 29.5 Å². The first-order valence-corrected chi connectivity index (χ1v) is 14.7. The molecule has 39 heavy (non-hydrogen) atoms. The lowest BCUT2D eigenvalue weighted by molar-refractivity contribution is -0.119. The number of hydrogen-bond acceptors (Lipinski definition) is 11. The number of carbonyl (C=O) groups is 2. The minimum atomic E-state index is -0.294. The molecular formula is C26H28N8O2S3. The van der Waals surface area contributed by atoms with Gasteiger partial charge in [-0.2, -0.15) is 17.0 Å². The Kier molecular flexibility index (Phi) is 12.1. The highest BCUT2D eigenvalue weighted by molar-refractivity contribution is 8.26. The number of anilines is 1. The van der Waals surface area contributed by atoms with Gasteiger partial charge in [0, 0.05) is 19.4 Å². The molecule has 0 atom stereocenters. The molecule has 0 bridgehead atoms.